The molecule has 0 bridgehead atoms. The second-order valence-electron chi connectivity index (χ2n) is 6.08. The molecule has 0 fully saturated rings. The fraction of sp³-hybridized carbons (Fsp3) is 0. The molecule has 0 aliphatic carbocycles. The van der Waals surface area contributed by atoms with E-state index in [-0.39, 0.29) is 5.69 Å². The number of anilines is 2. The van der Waals surface area contributed by atoms with Crippen LogP contribution in [0.1, 0.15) is 10.5 Å². The zero-order chi connectivity index (χ0) is 20.4. The predicted octanol–water partition coefficient (Wildman–Crippen LogP) is 4.48. The summed E-state index contributed by atoms with van der Waals surface area (Å²) in [7, 11) is 0. The van der Waals surface area contributed by atoms with Crippen LogP contribution in [0, 0.1) is 0 Å². The van der Waals surface area contributed by atoms with Gasteiger partial charge in [0.15, 0.2) is 5.69 Å². The van der Waals surface area contributed by atoms with Crippen LogP contribution in [0.4, 0.5) is 11.4 Å². The van der Waals surface area contributed by atoms with E-state index in [0.29, 0.717) is 21.4 Å². The molecule has 4 rings (SSSR count). The zero-order valence-corrected chi connectivity index (χ0v) is 16.4. The summed E-state index contributed by atoms with van der Waals surface area (Å²) in [6.07, 6.45) is 3.23. The van der Waals surface area contributed by atoms with Gasteiger partial charge in [-0.3, -0.25) is 4.79 Å². The molecule has 0 saturated heterocycles. The number of halogens is 2. The van der Waals surface area contributed by atoms with Gasteiger partial charge in [-0.1, -0.05) is 41.4 Å². The maximum atomic E-state index is 11.9. The molecule has 2 aromatic heterocycles. The molecular formula is C20H14Cl2N6O. The van der Waals surface area contributed by atoms with Crippen LogP contribution in [-0.4, -0.2) is 25.9 Å². The standard InChI is InChI=1S/C20H14Cl2N6O/c21-14-3-1-4-15(22)19(14)28-11-17(18(27-28)20(23)29)25-13-8-6-12(7-9-13)16-5-2-10-24-26-16/h1-11,25H,(H2,23,29). The first kappa shape index (κ1) is 18.9. The van der Waals surface area contributed by atoms with Crippen LogP contribution in [0.2, 0.25) is 10.0 Å². The van der Waals surface area contributed by atoms with E-state index in [9.17, 15) is 4.79 Å². The number of benzene rings is 2. The number of hydrogen-bond acceptors (Lipinski definition) is 5. The van der Waals surface area contributed by atoms with E-state index in [0.717, 1.165) is 16.9 Å². The lowest BCUT2D eigenvalue weighted by atomic mass is 10.1. The topological polar surface area (TPSA) is 98.7 Å². The van der Waals surface area contributed by atoms with E-state index in [4.69, 9.17) is 28.9 Å². The normalized spacial score (nSPS) is 10.7. The first-order valence-corrected chi connectivity index (χ1v) is 9.27. The van der Waals surface area contributed by atoms with Gasteiger partial charge in [-0.2, -0.15) is 15.3 Å². The van der Waals surface area contributed by atoms with Gasteiger partial charge in [-0.15, -0.1) is 0 Å². The number of rotatable bonds is 5. The van der Waals surface area contributed by atoms with Crippen molar-refractivity contribution in [1.82, 2.24) is 20.0 Å². The number of hydrogen-bond donors (Lipinski definition) is 2. The Kier molecular flexibility index (Phi) is 5.16. The molecule has 0 aliphatic heterocycles. The monoisotopic (exact) mass is 424 g/mol. The Morgan fingerprint density at radius 2 is 1.72 bits per heavy atom. The number of amides is 1. The zero-order valence-electron chi connectivity index (χ0n) is 14.9. The fourth-order valence-electron chi connectivity index (χ4n) is 2.81. The molecule has 0 saturated carbocycles. The van der Waals surface area contributed by atoms with E-state index in [1.165, 1.54) is 4.68 Å². The van der Waals surface area contributed by atoms with Crippen molar-refractivity contribution in [3.8, 4) is 16.9 Å². The minimum Gasteiger partial charge on any atom is -0.364 e. The van der Waals surface area contributed by atoms with Crippen LogP contribution < -0.4 is 11.1 Å². The van der Waals surface area contributed by atoms with E-state index < -0.39 is 5.91 Å². The quantitative estimate of drug-likeness (QED) is 0.491. The Hall–Kier alpha value is -3.42. The van der Waals surface area contributed by atoms with Gasteiger partial charge in [0.2, 0.25) is 0 Å². The first-order chi connectivity index (χ1) is 14.0. The van der Waals surface area contributed by atoms with Crippen LogP contribution in [0.25, 0.3) is 16.9 Å². The highest BCUT2D eigenvalue weighted by atomic mass is 35.5. The van der Waals surface area contributed by atoms with Crippen LogP contribution >= 0.6 is 23.2 Å². The SMILES string of the molecule is NC(=O)c1nn(-c2c(Cl)cccc2Cl)cc1Nc1ccc(-c2cccnn2)cc1. The van der Waals surface area contributed by atoms with Gasteiger partial charge in [-0.05, 0) is 36.4 Å². The highest BCUT2D eigenvalue weighted by Gasteiger charge is 2.18. The third-order valence-electron chi connectivity index (χ3n) is 4.15. The number of nitrogens with one attached hydrogen (secondary N) is 1. The Balaban J connectivity index is 1.67. The van der Waals surface area contributed by atoms with Gasteiger partial charge >= 0.3 is 0 Å². The molecule has 2 aromatic carbocycles. The second kappa shape index (κ2) is 7.90. The molecular weight excluding hydrogens is 411 g/mol. The third-order valence-corrected chi connectivity index (χ3v) is 4.76. The van der Waals surface area contributed by atoms with E-state index in [2.05, 4.69) is 20.6 Å². The highest BCUT2D eigenvalue weighted by molar-refractivity contribution is 6.37. The number of primary amides is 1. The highest BCUT2D eigenvalue weighted by Crippen LogP contribution is 2.30. The number of aromatic nitrogens is 4. The lowest BCUT2D eigenvalue weighted by Gasteiger charge is -2.07. The summed E-state index contributed by atoms with van der Waals surface area (Å²) in [5, 5.41) is 16.2. The maximum absolute atomic E-state index is 11.9. The summed E-state index contributed by atoms with van der Waals surface area (Å²) in [4.78, 5) is 11.9. The summed E-state index contributed by atoms with van der Waals surface area (Å²) >= 11 is 12.5. The fourth-order valence-corrected chi connectivity index (χ4v) is 3.38. The van der Waals surface area contributed by atoms with Crippen molar-refractivity contribution in [2.24, 2.45) is 5.73 Å². The van der Waals surface area contributed by atoms with Gasteiger partial charge in [0.25, 0.3) is 5.91 Å². The number of carbonyl (C=O) groups excluding carboxylic acids is 1. The summed E-state index contributed by atoms with van der Waals surface area (Å²) in [6, 6.07) is 16.3. The molecule has 7 nitrogen and oxygen atoms in total. The van der Waals surface area contributed by atoms with Crippen LogP contribution in [0.3, 0.4) is 0 Å². The molecule has 144 valence electrons. The second-order valence-corrected chi connectivity index (χ2v) is 6.90. The molecule has 0 aliphatic rings. The van der Waals surface area contributed by atoms with Crippen LogP contribution in [-0.2, 0) is 0 Å². The molecule has 0 spiro atoms. The summed E-state index contributed by atoms with van der Waals surface area (Å²) < 4.78 is 1.43. The molecule has 0 atom stereocenters. The van der Waals surface area contributed by atoms with Crippen LogP contribution in [0.15, 0.2) is 67.0 Å². The number of carbonyl (C=O) groups is 1. The first-order valence-electron chi connectivity index (χ1n) is 8.52. The van der Waals surface area contributed by atoms with Crippen molar-refractivity contribution < 1.29 is 4.79 Å². The van der Waals surface area contributed by atoms with Crippen molar-refractivity contribution in [3.63, 3.8) is 0 Å². The van der Waals surface area contributed by atoms with E-state index in [1.807, 2.05) is 36.4 Å². The molecule has 3 N–H and O–H groups in total. The summed E-state index contributed by atoms with van der Waals surface area (Å²) in [5.41, 5.74) is 8.88. The van der Waals surface area contributed by atoms with Crippen molar-refractivity contribution in [3.05, 3.63) is 82.7 Å². The van der Waals surface area contributed by atoms with Crippen molar-refractivity contribution >= 4 is 40.5 Å². The number of nitrogens with two attached hydrogens (primary N) is 1. The van der Waals surface area contributed by atoms with Crippen molar-refractivity contribution in [2.45, 2.75) is 0 Å². The maximum Gasteiger partial charge on any atom is 0.271 e. The Labute approximate surface area is 176 Å². The van der Waals surface area contributed by atoms with Crippen LogP contribution in [0.5, 0.6) is 0 Å². The van der Waals surface area contributed by atoms with Crippen molar-refractivity contribution in [1.29, 1.82) is 0 Å². The van der Waals surface area contributed by atoms with Gasteiger partial charge in [0.1, 0.15) is 5.69 Å². The smallest absolute Gasteiger partial charge is 0.271 e. The van der Waals surface area contributed by atoms with E-state index >= 15 is 0 Å². The van der Waals surface area contributed by atoms with Gasteiger partial charge in [0, 0.05) is 17.4 Å². The largest absolute Gasteiger partial charge is 0.364 e. The number of nitrogens with zero attached hydrogens (tertiary/aromatic N) is 4. The Bertz CT molecular complexity index is 1160. The van der Waals surface area contributed by atoms with E-state index in [1.54, 1.807) is 30.6 Å². The Morgan fingerprint density at radius 3 is 2.34 bits per heavy atom. The lowest BCUT2D eigenvalue weighted by molar-refractivity contribution is 0.0996. The summed E-state index contributed by atoms with van der Waals surface area (Å²) in [5.74, 6) is -0.675. The van der Waals surface area contributed by atoms with Crippen molar-refractivity contribution in [2.75, 3.05) is 5.32 Å². The number of para-hydroxylation sites is 1. The molecule has 9 heteroatoms. The average Bonchev–Trinajstić information content (AvgIpc) is 3.13. The molecule has 0 unspecified atom stereocenters. The average molecular weight is 425 g/mol. The molecule has 29 heavy (non-hydrogen) atoms. The predicted molar refractivity (Wildman–Crippen MR) is 113 cm³/mol. The molecule has 2 heterocycles. The molecule has 4 aromatic rings. The van der Waals surface area contributed by atoms with Gasteiger partial charge in [-0.25, -0.2) is 4.68 Å². The summed E-state index contributed by atoms with van der Waals surface area (Å²) in [6.45, 7) is 0. The third kappa shape index (κ3) is 3.91. The lowest BCUT2D eigenvalue weighted by Crippen LogP contribution is -2.14. The van der Waals surface area contributed by atoms with Gasteiger partial charge < -0.3 is 11.1 Å². The van der Waals surface area contributed by atoms with Gasteiger partial charge in [0.05, 0.1) is 27.6 Å². The minimum absolute atomic E-state index is 0.0685. The molecule has 0 radical (unpaired) electrons. The Morgan fingerprint density at radius 1 is 1.00 bits per heavy atom. The minimum atomic E-state index is -0.675. The molecule has 1 amide bonds.